The van der Waals surface area contributed by atoms with Gasteiger partial charge in [-0.1, -0.05) is 0 Å². The van der Waals surface area contributed by atoms with Crippen LogP contribution in [0.2, 0.25) is 0 Å². The maximum Gasteiger partial charge on any atom is 0.293 e. The standard InChI is InChI=1S/C21H23N5O2/c1-14-5-8-22-18-4-3-15(13-17(14)18)20(27)24-16-6-10-26(11-7-16)19-21(28)25(2)12-9-23-19/h3-5,8-9,12-13,16H,6-7,10-11H2,1-2H3,(H,24,27). The van der Waals surface area contributed by atoms with Crippen LogP contribution in [0.1, 0.15) is 28.8 Å². The summed E-state index contributed by atoms with van der Waals surface area (Å²) in [6, 6.07) is 7.64. The number of amides is 1. The molecule has 0 spiro atoms. The number of carbonyl (C=O) groups excluding carboxylic acids is 1. The minimum absolute atomic E-state index is 0.0719. The molecule has 0 bridgehead atoms. The number of nitrogens with one attached hydrogen (secondary N) is 1. The van der Waals surface area contributed by atoms with Crippen LogP contribution in [0.25, 0.3) is 10.9 Å². The molecule has 144 valence electrons. The summed E-state index contributed by atoms with van der Waals surface area (Å²) in [5.41, 5.74) is 2.54. The van der Waals surface area contributed by atoms with Gasteiger partial charge in [0.1, 0.15) is 0 Å². The van der Waals surface area contributed by atoms with Crippen LogP contribution in [0.15, 0.2) is 47.7 Å². The fourth-order valence-corrected chi connectivity index (χ4v) is 3.63. The number of rotatable bonds is 3. The van der Waals surface area contributed by atoms with Gasteiger partial charge in [-0.3, -0.25) is 14.6 Å². The largest absolute Gasteiger partial charge is 0.352 e. The summed E-state index contributed by atoms with van der Waals surface area (Å²) in [4.78, 5) is 35.5. The van der Waals surface area contributed by atoms with E-state index in [2.05, 4.69) is 15.3 Å². The highest BCUT2D eigenvalue weighted by atomic mass is 16.1. The molecule has 7 heteroatoms. The Morgan fingerprint density at radius 2 is 1.93 bits per heavy atom. The van der Waals surface area contributed by atoms with E-state index in [9.17, 15) is 9.59 Å². The summed E-state index contributed by atoms with van der Waals surface area (Å²) in [6.45, 7) is 3.40. The summed E-state index contributed by atoms with van der Waals surface area (Å²) in [5, 5.41) is 4.12. The van der Waals surface area contributed by atoms with E-state index in [0.29, 0.717) is 24.5 Å². The van der Waals surface area contributed by atoms with Crippen LogP contribution in [0.3, 0.4) is 0 Å². The molecule has 4 rings (SSSR count). The zero-order valence-corrected chi connectivity index (χ0v) is 16.1. The van der Waals surface area contributed by atoms with Gasteiger partial charge in [-0.15, -0.1) is 0 Å². The molecule has 1 amide bonds. The van der Waals surface area contributed by atoms with Crippen molar-refractivity contribution in [3.8, 4) is 0 Å². The normalized spacial score (nSPS) is 15.0. The molecule has 1 aliphatic heterocycles. The van der Waals surface area contributed by atoms with Crippen LogP contribution >= 0.6 is 0 Å². The molecule has 3 heterocycles. The van der Waals surface area contributed by atoms with Gasteiger partial charge in [0.2, 0.25) is 0 Å². The predicted molar refractivity (Wildman–Crippen MR) is 109 cm³/mol. The van der Waals surface area contributed by atoms with Gasteiger partial charge in [0.25, 0.3) is 11.5 Å². The molecule has 0 atom stereocenters. The topological polar surface area (TPSA) is 80.1 Å². The molecule has 7 nitrogen and oxygen atoms in total. The Hall–Kier alpha value is -3.22. The molecule has 1 aliphatic rings. The van der Waals surface area contributed by atoms with Crippen molar-refractivity contribution < 1.29 is 4.79 Å². The number of fused-ring (bicyclic) bond motifs is 1. The molecule has 1 aromatic carbocycles. The van der Waals surface area contributed by atoms with E-state index in [-0.39, 0.29) is 17.5 Å². The smallest absolute Gasteiger partial charge is 0.293 e. The van der Waals surface area contributed by atoms with E-state index in [0.717, 1.165) is 29.3 Å². The quantitative estimate of drug-likeness (QED) is 0.756. The van der Waals surface area contributed by atoms with Crippen molar-refractivity contribution in [3.05, 3.63) is 64.3 Å². The average molecular weight is 377 g/mol. The zero-order chi connectivity index (χ0) is 19.7. The number of anilines is 1. The Bertz CT molecular complexity index is 1080. The van der Waals surface area contributed by atoms with Gasteiger partial charge < -0.3 is 14.8 Å². The van der Waals surface area contributed by atoms with Crippen LogP contribution in [-0.2, 0) is 7.05 Å². The van der Waals surface area contributed by atoms with Gasteiger partial charge >= 0.3 is 0 Å². The van der Waals surface area contributed by atoms with Gasteiger partial charge in [0.15, 0.2) is 5.82 Å². The number of hydrogen-bond donors (Lipinski definition) is 1. The fraction of sp³-hybridized carbons (Fsp3) is 0.333. The second-order valence-electron chi connectivity index (χ2n) is 7.26. The average Bonchev–Trinajstić information content (AvgIpc) is 2.71. The van der Waals surface area contributed by atoms with Crippen LogP contribution in [0.5, 0.6) is 0 Å². The molecule has 2 aromatic heterocycles. The molecule has 1 fully saturated rings. The summed E-state index contributed by atoms with van der Waals surface area (Å²) in [7, 11) is 1.72. The Labute approximate surface area is 163 Å². The van der Waals surface area contributed by atoms with Crippen LogP contribution < -0.4 is 15.8 Å². The van der Waals surface area contributed by atoms with Crippen molar-refractivity contribution in [2.75, 3.05) is 18.0 Å². The molecule has 3 aromatic rings. The Morgan fingerprint density at radius 1 is 1.14 bits per heavy atom. The van der Waals surface area contributed by atoms with E-state index in [1.165, 1.54) is 4.57 Å². The zero-order valence-electron chi connectivity index (χ0n) is 16.1. The monoisotopic (exact) mass is 377 g/mol. The molecule has 0 saturated carbocycles. The third-order valence-corrected chi connectivity index (χ3v) is 5.35. The second-order valence-corrected chi connectivity index (χ2v) is 7.26. The first kappa shape index (κ1) is 18.2. The summed E-state index contributed by atoms with van der Waals surface area (Å²) in [5.74, 6) is 0.407. The van der Waals surface area contributed by atoms with Gasteiger partial charge in [0.05, 0.1) is 5.52 Å². The maximum atomic E-state index is 12.7. The van der Waals surface area contributed by atoms with Crippen LogP contribution in [-0.4, -0.2) is 39.6 Å². The van der Waals surface area contributed by atoms with E-state index in [1.807, 2.05) is 36.1 Å². The molecule has 0 radical (unpaired) electrons. The van der Waals surface area contributed by atoms with Crippen LogP contribution in [0.4, 0.5) is 5.82 Å². The van der Waals surface area contributed by atoms with Crippen molar-refractivity contribution >= 4 is 22.6 Å². The third kappa shape index (κ3) is 3.47. The highest BCUT2D eigenvalue weighted by Gasteiger charge is 2.23. The van der Waals surface area contributed by atoms with Crippen molar-refractivity contribution in [2.45, 2.75) is 25.8 Å². The number of carbonyl (C=O) groups is 1. The number of hydrogen-bond acceptors (Lipinski definition) is 5. The first-order valence-corrected chi connectivity index (χ1v) is 9.46. The van der Waals surface area contributed by atoms with E-state index in [1.54, 1.807) is 25.6 Å². The fourth-order valence-electron chi connectivity index (χ4n) is 3.63. The number of pyridine rings is 1. The van der Waals surface area contributed by atoms with Crippen LogP contribution in [0, 0.1) is 6.92 Å². The maximum absolute atomic E-state index is 12.7. The number of benzene rings is 1. The Balaban J connectivity index is 1.42. The van der Waals surface area contributed by atoms with Crippen molar-refractivity contribution in [3.63, 3.8) is 0 Å². The lowest BCUT2D eigenvalue weighted by atomic mass is 10.0. The van der Waals surface area contributed by atoms with Crippen molar-refractivity contribution in [1.29, 1.82) is 0 Å². The lowest BCUT2D eigenvalue weighted by Crippen LogP contribution is -2.46. The van der Waals surface area contributed by atoms with E-state index >= 15 is 0 Å². The third-order valence-electron chi connectivity index (χ3n) is 5.35. The summed E-state index contributed by atoms with van der Waals surface area (Å²) >= 11 is 0. The predicted octanol–water partition coefficient (Wildman–Crippen LogP) is 2.04. The number of nitrogens with zero attached hydrogens (tertiary/aromatic N) is 4. The molecule has 28 heavy (non-hydrogen) atoms. The molecular weight excluding hydrogens is 354 g/mol. The Kier molecular flexibility index (Phi) is 4.81. The number of aryl methyl sites for hydroxylation is 2. The van der Waals surface area contributed by atoms with Gasteiger partial charge in [-0.25, -0.2) is 4.98 Å². The molecule has 1 N–H and O–H groups in total. The lowest BCUT2D eigenvalue weighted by molar-refractivity contribution is 0.0931. The summed E-state index contributed by atoms with van der Waals surface area (Å²) < 4.78 is 1.53. The highest BCUT2D eigenvalue weighted by Crippen LogP contribution is 2.19. The highest BCUT2D eigenvalue weighted by molar-refractivity contribution is 5.98. The molecule has 0 unspecified atom stereocenters. The van der Waals surface area contributed by atoms with Crippen molar-refractivity contribution in [2.24, 2.45) is 7.05 Å². The molecule has 1 saturated heterocycles. The SMILES string of the molecule is Cc1ccnc2ccc(C(=O)NC3CCN(c4nccn(C)c4=O)CC3)cc12. The van der Waals surface area contributed by atoms with E-state index in [4.69, 9.17) is 0 Å². The van der Waals surface area contributed by atoms with Gasteiger partial charge in [-0.2, -0.15) is 0 Å². The first-order valence-electron chi connectivity index (χ1n) is 9.46. The lowest BCUT2D eigenvalue weighted by Gasteiger charge is -2.32. The second kappa shape index (κ2) is 7.42. The van der Waals surface area contributed by atoms with E-state index < -0.39 is 0 Å². The molecular formula is C21H23N5O2. The minimum atomic E-state index is -0.0925. The van der Waals surface area contributed by atoms with Gasteiger partial charge in [-0.05, 0) is 49.6 Å². The minimum Gasteiger partial charge on any atom is -0.352 e. The molecule has 0 aliphatic carbocycles. The number of aromatic nitrogens is 3. The number of piperidine rings is 1. The van der Waals surface area contributed by atoms with Gasteiger partial charge in [0, 0.05) is 55.7 Å². The first-order chi connectivity index (χ1) is 13.5. The Morgan fingerprint density at radius 3 is 2.71 bits per heavy atom. The summed E-state index contributed by atoms with van der Waals surface area (Å²) in [6.07, 6.45) is 6.63. The van der Waals surface area contributed by atoms with Crippen molar-refractivity contribution in [1.82, 2.24) is 19.9 Å².